The lowest BCUT2D eigenvalue weighted by Crippen LogP contribution is -2.38. The second-order valence-electron chi connectivity index (χ2n) is 7.82. The van der Waals surface area contributed by atoms with Crippen LogP contribution in [0.15, 0.2) is 65.6 Å². The van der Waals surface area contributed by atoms with Crippen molar-refractivity contribution in [2.45, 2.75) is 25.7 Å². The van der Waals surface area contributed by atoms with Crippen LogP contribution in [0.2, 0.25) is 0 Å². The summed E-state index contributed by atoms with van der Waals surface area (Å²) < 4.78 is 44.5. The second kappa shape index (κ2) is 11.1. The molecule has 0 heterocycles. The number of hydrogen-bond donors (Lipinski definition) is 1. The van der Waals surface area contributed by atoms with Gasteiger partial charge in [0, 0.05) is 11.8 Å². The first-order chi connectivity index (χ1) is 16.7. The van der Waals surface area contributed by atoms with Crippen molar-refractivity contribution in [3.05, 3.63) is 71.8 Å². The van der Waals surface area contributed by atoms with Crippen LogP contribution in [0.1, 0.15) is 18.1 Å². The molecule has 0 unspecified atom stereocenters. The standard InChI is InChI=1S/C26H30N2O6S/c1-6-34-21-10-8-20(9-11-21)28(17-26(29)27-23-13-7-18(2)15-19(23)3)35(30,31)22-12-14-24(32-4)25(16-22)33-5/h7-16H,6,17H2,1-5H3,(H,27,29). The van der Waals surface area contributed by atoms with Crippen molar-refractivity contribution in [3.63, 3.8) is 0 Å². The van der Waals surface area contributed by atoms with Gasteiger partial charge in [0.15, 0.2) is 11.5 Å². The van der Waals surface area contributed by atoms with Crippen molar-refractivity contribution >= 4 is 27.3 Å². The minimum Gasteiger partial charge on any atom is -0.494 e. The number of amides is 1. The topological polar surface area (TPSA) is 94.2 Å². The van der Waals surface area contributed by atoms with E-state index in [1.807, 2.05) is 32.9 Å². The lowest BCUT2D eigenvalue weighted by atomic mass is 10.1. The summed E-state index contributed by atoms with van der Waals surface area (Å²) in [6.45, 7) is 5.75. The molecule has 0 aliphatic heterocycles. The number of carbonyl (C=O) groups excluding carboxylic acids is 1. The summed E-state index contributed by atoms with van der Waals surface area (Å²) >= 11 is 0. The lowest BCUT2D eigenvalue weighted by molar-refractivity contribution is -0.114. The molecule has 0 saturated heterocycles. The van der Waals surface area contributed by atoms with Crippen molar-refractivity contribution in [1.29, 1.82) is 0 Å². The van der Waals surface area contributed by atoms with Crippen LogP contribution in [0.25, 0.3) is 0 Å². The second-order valence-corrected chi connectivity index (χ2v) is 9.68. The van der Waals surface area contributed by atoms with Crippen molar-refractivity contribution < 1.29 is 27.4 Å². The molecule has 8 nitrogen and oxygen atoms in total. The highest BCUT2D eigenvalue weighted by Crippen LogP contribution is 2.32. The highest BCUT2D eigenvalue weighted by Gasteiger charge is 2.28. The Morgan fingerprint density at radius 2 is 1.60 bits per heavy atom. The van der Waals surface area contributed by atoms with Gasteiger partial charge < -0.3 is 19.5 Å². The van der Waals surface area contributed by atoms with E-state index in [1.54, 1.807) is 30.3 Å². The minimum atomic E-state index is -4.14. The van der Waals surface area contributed by atoms with E-state index in [2.05, 4.69) is 5.32 Å². The number of anilines is 2. The predicted octanol–water partition coefficient (Wildman–Crippen LogP) is 4.55. The molecule has 0 bridgehead atoms. The number of ether oxygens (including phenoxy) is 3. The van der Waals surface area contributed by atoms with E-state index in [1.165, 1.54) is 32.4 Å². The van der Waals surface area contributed by atoms with E-state index < -0.39 is 22.5 Å². The maximum atomic E-state index is 13.7. The van der Waals surface area contributed by atoms with E-state index in [0.717, 1.165) is 15.4 Å². The molecule has 3 rings (SSSR count). The number of nitrogens with zero attached hydrogens (tertiary/aromatic N) is 1. The van der Waals surface area contributed by atoms with Gasteiger partial charge in [-0.15, -0.1) is 0 Å². The monoisotopic (exact) mass is 498 g/mol. The molecule has 0 aliphatic rings. The molecule has 0 aliphatic carbocycles. The molecule has 1 amide bonds. The zero-order valence-electron chi connectivity index (χ0n) is 20.5. The largest absolute Gasteiger partial charge is 0.494 e. The molecular formula is C26H30N2O6S. The third-order valence-electron chi connectivity index (χ3n) is 5.32. The van der Waals surface area contributed by atoms with Crippen molar-refractivity contribution in [2.24, 2.45) is 0 Å². The van der Waals surface area contributed by atoms with Crippen molar-refractivity contribution in [2.75, 3.05) is 37.0 Å². The summed E-state index contributed by atoms with van der Waals surface area (Å²) in [4.78, 5) is 13.0. The third kappa shape index (κ3) is 6.05. The maximum Gasteiger partial charge on any atom is 0.264 e. The van der Waals surface area contributed by atoms with Crippen LogP contribution >= 0.6 is 0 Å². The number of nitrogens with one attached hydrogen (secondary N) is 1. The molecule has 3 aromatic carbocycles. The summed E-state index contributed by atoms with van der Waals surface area (Å²) in [5, 5.41) is 2.82. The lowest BCUT2D eigenvalue weighted by Gasteiger charge is -2.25. The number of rotatable bonds is 10. The van der Waals surface area contributed by atoms with Crippen molar-refractivity contribution in [3.8, 4) is 17.2 Å². The summed E-state index contributed by atoms with van der Waals surface area (Å²) in [6, 6.07) is 16.5. The first-order valence-electron chi connectivity index (χ1n) is 11.0. The van der Waals surface area contributed by atoms with Crippen molar-refractivity contribution in [1.82, 2.24) is 0 Å². The Labute approximate surface area is 206 Å². The molecule has 0 atom stereocenters. The van der Waals surface area contributed by atoms with Gasteiger partial charge in [-0.25, -0.2) is 8.42 Å². The van der Waals surface area contributed by atoms with Gasteiger partial charge in [-0.05, 0) is 68.8 Å². The molecule has 186 valence electrons. The molecule has 9 heteroatoms. The van der Waals surface area contributed by atoms with Gasteiger partial charge in [0.2, 0.25) is 5.91 Å². The SMILES string of the molecule is CCOc1ccc(N(CC(=O)Nc2ccc(C)cc2C)S(=O)(=O)c2ccc(OC)c(OC)c2)cc1. The van der Waals surface area contributed by atoms with Crippen LogP contribution in [0, 0.1) is 13.8 Å². The molecular weight excluding hydrogens is 468 g/mol. The third-order valence-corrected chi connectivity index (χ3v) is 7.09. The number of benzene rings is 3. The van der Waals surface area contributed by atoms with Crippen LogP contribution in [-0.2, 0) is 14.8 Å². The van der Waals surface area contributed by atoms with E-state index in [-0.39, 0.29) is 10.6 Å². The Morgan fingerprint density at radius 3 is 2.20 bits per heavy atom. The fraction of sp³-hybridized carbons (Fsp3) is 0.269. The van der Waals surface area contributed by atoms with E-state index in [4.69, 9.17) is 14.2 Å². The average molecular weight is 499 g/mol. The highest BCUT2D eigenvalue weighted by molar-refractivity contribution is 7.92. The fourth-order valence-corrected chi connectivity index (χ4v) is 5.01. The molecule has 1 N–H and O–H groups in total. The number of hydrogen-bond acceptors (Lipinski definition) is 6. The van der Waals surface area contributed by atoms with Gasteiger partial charge in [0.05, 0.1) is 31.4 Å². The summed E-state index contributed by atoms with van der Waals surface area (Å²) in [5.41, 5.74) is 2.89. The van der Waals surface area contributed by atoms with Gasteiger partial charge in [0.25, 0.3) is 10.0 Å². The molecule has 0 radical (unpaired) electrons. The highest BCUT2D eigenvalue weighted by atomic mass is 32.2. The minimum absolute atomic E-state index is 0.0386. The Balaban J connectivity index is 1.99. The maximum absolute atomic E-state index is 13.7. The zero-order chi connectivity index (χ0) is 25.6. The number of methoxy groups -OCH3 is 2. The van der Waals surface area contributed by atoms with E-state index in [9.17, 15) is 13.2 Å². The van der Waals surface area contributed by atoms with E-state index >= 15 is 0 Å². The van der Waals surface area contributed by atoms with Crippen LogP contribution in [0.5, 0.6) is 17.2 Å². The fourth-order valence-electron chi connectivity index (χ4n) is 3.57. The van der Waals surface area contributed by atoms with Gasteiger partial charge in [0.1, 0.15) is 12.3 Å². The van der Waals surface area contributed by atoms with Crippen LogP contribution in [0.4, 0.5) is 11.4 Å². The number of sulfonamides is 1. The Hall–Kier alpha value is -3.72. The summed E-state index contributed by atoms with van der Waals surface area (Å²) in [7, 11) is -1.25. The normalized spacial score (nSPS) is 11.0. The molecule has 0 aromatic heterocycles. The smallest absolute Gasteiger partial charge is 0.264 e. The van der Waals surface area contributed by atoms with Crippen LogP contribution in [0.3, 0.4) is 0 Å². The molecule has 35 heavy (non-hydrogen) atoms. The van der Waals surface area contributed by atoms with E-state index in [0.29, 0.717) is 29.5 Å². The first-order valence-corrected chi connectivity index (χ1v) is 12.5. The Morgan fingerprint density at radius 1 is 0.914 bits per heavy atom. The predicted molar refractivity (Wildman–Crippen MR) is 136 cm³/mol. The first kappa shape index (κ1) is 25.9. The zero-order valence-corrected chi connectivity index (χ0v) is 21.3. The molecule has 0 spiro atoms. The van der Waals surface area contributed by atoms with Gasteiger partial charge >= 0.3 is 0 Å². The van der Waals surface area contributed by atoms with Gasteiger partial charge in [-0.3, -0.25) is 9.10 Å². The molecule has 0 fully saturated rings. The average Bonchev–Trinajstić information content (AvgIpc) is 2.84. The number of carbonyl (C=O) groups is 1. The molecule has 0 saturated carbocycles. The van der Waals surface area contributed by atoms with Gasteiger partial charge in [-0.1, -0.05) is 17.7 Å². The Bertz CT molecular complexity index is 1290. The quantitative estimate of drug-likeness (QED) is 0.441. The summed E-state index contributed by atoms with van der Waals surface area (Å²) in [6.07, 6.45) is 0. The molecule has 3 aromatic rings. The Kier molecular flexibility index (Phi) is 8.24. The number of aryl methyl sites for hydroxylation is 2. The van der Waals surface area contributed by atoms with Crippen LogP contribution in [-0.4, -0.2) is 41.7 Å². The van der Waals surface area contributed by atoms with Crippen LogP contribution < -0.4 is 23.8 Å². The van der Waals surface area contributed by atoms with Gasteiger partial charge in [-0.2, -0.15) is 0 Å². The summed E-state index contributed by atoms with van der Waals surface area (Å²) in [5.74, 6) is 0.779.